The maximum atomic E-state index is 12.3. The van der Waals surface area contributed by atoms with Crippen LogP contribution in [0.3, 0.4) is 0 Å². The summed E-state index contributed by atoms with van der Waals surface area (Å²) in [6, 6.07) is 7.20. The minimum absolute atomic E-state index is 0.0493. The van der Waals surface area contributed by atoms with Gasteiger partial charge >= 0.3 is 5.97 Å². The Kier molecular flexibility index (Phi) is 6.07. The molecule has 2 atom stereocenters. The van der Waals surface area contributed by atoms with Gasteiger partial charge in [0.05, 0.1) is 12.5 Å². The number of hydrogen-bond donors (Lipinski definition) is 2. The lowest BCUT2D eigenvalue weighted by Crippen LogP contribution is -2.35. The molecule has 1 aliphatic carbocycles. The van der Waals surface area contributed by atoms with Crippen molar-refractivity contribution >= 4 is 23.6 Å². The Balaban J connectivity index is 2.09. The van der Waals surface area contributed by atoms with Gasteiger partial charge < -0.3 is 10.4 Å². The summed E-state index contributed by atoms with van der Waals surface area (Å²) in [4.78, 5) is 24.6. The predicted octanol–water partition coefficient (Wildman–Crippen LogP) is 3.40. The third kappa shape index (κ3) is 4.63. The number of benzene rings is 1. The molecule has 0 bridgehead atoms. The molecule has 5 heteroatoms. The summed E-state index contributed by atoms with van der Waals surface area (Å²) in [6.45, 7) is 0. The third-order valence-corrected chi connectivity index (χ3v) is 4.60. The smallest absolute Gasteiger partial charge is 0.305 e. The fourth-order valence-corrected chi connectivity index (χ4v) is 2.99. The quantitative estimate of drug-likeness (QED) is 0.623. The van der Waals surface area contributed by atoms with Crippen molar-refractivity contribution in [3.05, 3.63) is 42.0 Å². The molecule has 0 heterocycles. The second kappa shape index (κ2) is 8.03. The van der Waals surface area contributed by atoms with Gasteiger partial charge in [-0.2, -0.15) is 0 Å². The molecule has 0 radical (unpaired) electrons. The van der Waals surface area contributed by atoms with Gasteiger partial charge in [-0.1, -0.05) is 24.3 Å². The first-order chi connectivity index (χ1) is 10.6. The van der Waals surface area contributed by atoms with Crippen LogP contribution < -0.4 is 5.32 Å². The molecular weight excluding hydrogens is 298 g/mol. The van der Waals surface area contributed by atoms with Crippen molar-refractivity contribution in [2.24, 2.45) is 5.92 Å². The van der Waals surface area contributed by atoms with Gasteiger partial charge in [0.1, 0.15) is 0 Å². The van der Waals surface area contributed by atoms with Gasteiger partial charge in [-0.15, -0.1) is 11.8 Å². The zero-order valence-corrected chi connectivity index (χ0v) is 13.4. The molecule has 2 N–H and O–H groups in total. The summed E-state index contributed by atoms with van der Waals surface area (Å²) in [5, 5.41) is 12.0. The molecule has 1 aromatic rings. The van der Waals surface area contributed by atoms with Crippen molar-refractivity contribution in [1.82, 2.24) is 5.32 Å². The van der Waals surface area contributed by atoms with Gasteiger partial charge in [0.15, 0.2) is 0 Å². The maximum absolute atomic E-state index is 12.3. The molecule has 0 aliphatic heterocycles. The number of hydrogen-bond acceptors (Lipinski definition) is 3. The Morgan fingerprint density at radius 1 is 1.32 bits per heavy atom. The molecule has 0 saturated carbocycles. The van der Waals surface area contributed by atoms with E-state index in [1.807, 2.05) is 36.6 Å². The highest BCUT2D eigenvalue weighted by atomic mass is 32.2. The third-order valence-electron chi connectivity index (χ3n) is 3.85. The van der Waals surface area contributed by atoms with Crippen LogP contribution >= 0.6 is 11.8 Å². The minimum Gasteiger partial charge on any atom is -0.481 e. The molecule has 1 aliphatic rings. The second-order valence-electron chi connectivity index (χ2n) is 5.41. The van der Waals surface area contributed by atoms with E-state index >= 15 is 0 Å². The molecule has 4 nitrogen and oxygen atoms in total. The van der Waals surface area contributed by atoms with E-state index in [2.05, 4.69) is 11.4 Å². The monoisotopic (exact) mass is 319 g/mol. The van der Waals surface area contributed by atoms with Crippen molar-refractivity contribution in [3.8, 4) is 0 Å². The van der Waals surface area contributed by atoms with Crippen molar-refractivity contribution in [3.63, 3.8) is 0 Å². The van der Waals surface area contributed by atoms with Crippen LogP contribution in [0.1, 0.15) is 37.3 Å². The molecule has 1 aromatic carbocycles. The molecule has 0 fully saturated rings. The molecular formula is C17H21NO3S. The Labute approximate surface area is 135 Å². The van der Waals surface area contributed by atoms with Gasteiger partial charge in [-0.3, -0.25) is 9.59 Å². The molecule has 1 amide bonds. The molecule has 0 spiro atoms. The Hall–Kier alpha value is -1.75. The predicted molar refractivity (Wildman–Crippen MR) is 87.8 cm³/mol. The van der Waals surface area contributed by atoms with Crippen LogP contribution in [0.15, 0.2) is 41.3 Å². The summed E-state index contributed by atoms with van der Waals surface area (Å²) >= 11 is 1.63. The second-order valence-corrected chi connectivity index (χ2v) is 6.29. The van der Waals surface area contributed by atoms with E-state index in [-0.39, 0.29) is 18.2 Å². The number of amides is 1. The van der Waals surface area contributed by atoms with Crippen LogP contribution in [0.25, 0.3) is 0 Å². The number of rotatable bonds is 6. The van der Waals surface area contributed by atoms with E-state index in [1.54, 1.807) is 11.8 Å². The number of aliphatic carboxylic acids is 1. The number of thioether (sulfide) groups is 1. The molecule has 2 rings (SSSR count). The Bertz CT molecular complexity index is 554. The van der Waals surface area contributed by atoms with Crippen LogP contribution in [-0.4, -0.2) is 23.2 Å². The number of carboxylic acid groups (broad SMARTS) is 1. The van der Waals surface area contributed by atoms with Crippen LogP contribution in [-0.2, 0) is 9.59 Å². The van der Waals surface area contributed by atoms with Crippen molar-refractivity contribution in [2.75, 3.05) is 6.26 Å². The number of carboxylic acids is 1. The van der Waals surface area contributed by atoms with Crippen LogP contribution in [0, 0.1) is 5.92 Å². The molecule has 118 valence electrons. The molecule has 22 heavy (non-hydrogen) atoms. The highest BCUT2D eigenvalue weighted by Gasteiger charge is 2.23. The summed E-state index contributed by atoms with van der Waals surface area (Å²) in [5.41, 5.74) is 0.833. The number of nitrogens with one attached hydrogen (secondary N) is 1. The summed E-state index contributed by atoms with van der Waals surface area (Å²) in [5.74, 6) is -1.01. The van der Waals surface area contributed by atoms with E-state index < -0.39 is 12.0 Å². The van der Waals surface area contributed by atoms with E-state index in [1.165, 1.54) is 0 Å². The lowest BCUT2D eigenvalue weighted by atomic mass is 9.92. The normalized spacial score (nSPS) is 18.7. The van der Waals surface area contributed by atoms with Gasteiger partial charge in [0, 0.05) is 10.8 Å². The van der Waals surface area contributed by atoms with Gasteiger partial charge in [0.2, 0.25) is 5.91 Å². The molecule has 0 saturated heterocycles. The Morgan fingerprint density at radius 2 is 2.05 bits per heavy atom. The van der Waals surface area contributed by atoms with Crippen LogP contribution in [0.4, 0.5) is 0 Å². The SMILES string of the molecule is CSc1ccc([C@H](CC(=O)O)NC(=O)[C@H]2CC=CCC2)cc1. The van der Waals surface area contributed by atoms with Gasteiger partial charge in [-0.05, 0) is 43.2 Å². The zero-order chi connectivity index (χ0) is 15.9. The van der Waals surface area contributed by atoms with Crippen molar-refractivity contribution in [1.29, 1.82) is 0 Å². The highest BCUT2D eigenvalue weighted by molar-refractivity contribution is 7.98. The van der Waals surface area contributed by atoms with Crippen LogP contribution in [0.5, 0.6) is 0 Å². The lowest BCUT2D eigenvalue weighted by molar-refractivity contribution is -0.138. The topological polar surface area (TPSA) is 66.4 Å². The van der Waals surface area contributed by atoms with Crippen molar-refractivity contribution in [2.45, 2.75) is 36.6 Å². The number of carbonyl (C=O) groups is 2. The summed E-state index contributed by atoms with van der Waals surface area (Å²) in [7, 11) is 0. The van der Waals surface area contributed by atoms with Gasteiger partial charge in [0.25, 0.3) is 0 Å². The highest BCUT2D eigenvalue weighted by Crippen LogP contribution is 2.24. The summed E-state index contributed by atoms with van der Waals surface area (Å²) in [6.07, 6.45) is 8.45. The molecule has 0 aromatic heterocycles. The van der Waals surface area contributed by atoms with Crippen LogP contribution in [0.2, 0.25) is 0 Å². The lowest BCUT2D eigenvalue weighted by Gasteiger charge is -2.23. The number of allylic oxidation sites excluding steroid dienone is 2. The largest absolute Gasteiger partial charge is 0.481 e. The van der Waals surface area contributed by atoms with E-state index in [0.717, 1.165) is 29.7 Å². The van der Waals surface area contributed by atoms with E-state index in [0.29, 0.717) is 0 Å². The number of carbonyl (C=O) groups excluding carboxylic acids is 1. The standard InChI is InChI=1S/C17H21NO3S/c1-22-14-9-7-12(8-10-14)15(11-16(19)20)18-17(21)13-5-3-2-4-6-13/h2-3,7-10,13,15H,4-6,11H2,1H3,(H,18,21)(H,19,20)/t13-,15-/m0/s1. The van der Waals surface area contributed by atoms with E-state index in [4.69, 9.17) is 5.11 Å². The first-order valence-corrected chi connectivity index (χ1v) is 8.63. The first-order valence-electron chi connectivity index (χ1n) is 7.41. The maximum Gasteiger partial charge on any atom is 0.305 e. The van der Waals surface area contributed by atoms with Gasteiger partial charge in [-0.25, -0.2) is 0 Å². The molecule has 0 unspecified atom stereocenters. The average Bonchev–Trinajstić information content (AvgIpc) is 2.54. The van der Waals surface area contributed by atoms with Crippen molar-refractivity contribution < 1.29 is 14.7 Å². The first kappa shape index (κ1) is 16.6. The zero-order valence-electron chi connectivity index (χ0n) is 12.6. The Morgan fingerprint density at radius 3 is 2.59 bits per heavy atom. The summed E-state index contributed by atoms with van der Waals surface area (Å²) < 4.78 is 0. The van der Waals surface area contributed by atoms with E-state index in [9.17, 15) is 9.59 Å². The average molecular weight is 319 g/mol. The fraction of sp³-hybridized carbons (Fsp3) is 0.412. The fourth-order valence-electron chi connectivity index (χ4n) is 2.58. The minimum atomic E-state index is -0.914.